The van der Waals surface area contributed by atoms with Crippen molar-refractivity contribution in [3.8, 4) is 11.5 Å². The zero-order valence-corrected chi connectivity index (χ0v) is 14.5. The molecule has 1 aromatic heterocycles. The molecule has 1 unspecified atom stereocenters. The van der Waals surface area contributed by atoms with Crippen molar-refractivity contribution < 1.29 is 14.3 Å². The number of rotatable bonds is 5. The zero-order valence-electron chi connectivity index (χ0n) is 14.5. The van der Waals surface area contributed by atoms with Gasteiger partial charge >= 0.3 is 0 Å². The maximum atomic E-state index is 12.2. The van der Waals surface area contributed by atoms with Crippen LogP contribution in [0.2, 0.25) is 0 Å². The molecule has 1 aliphatic heterocycles. The fourth-order valence-electron chi connectivity index (χ4n) is 3.11. The number of nitrogens with zero attached hydrogens (tertiary/aromatic N) is 2. The largest absolute Gasteiger partial charge is 0.493 e. The van der Waals surface area contributed by atoms with Gasteiger partial charge in [-0.15, -0.1) is 0 Å². The second kappa shape index (κ2) is 6.55. The summed E-state index contributed by atoms with van der Waals surface area (Å²) in [5.41, 5.74) is 2.06. The molecule has 24 heavy (non-hydrogen) atoms. The number of benzene rings is 1. The number of amides is 1. The van der Waals surface area contributed by atoms with Crippen molar-refractivity contribution in [1.29, 1.82) is 0 Å². The van der Waals surface area contributed by atoms with Gasteiger partial charge in [-0.05, 0) is 38.5 Å². The zero-order chi connectivity index (χ0) is 17.3. The Morgan fingerprint density at radius 2 is 2.17 bits per heavy atom. The molecule has 1 atom stereocenters. The summed E-state index contributed by atoms with van der Waals surface area (Å²) in [6, 6.07) is 6.02. The maximum absolute atomic E-state index is 12.2. The lowest BCUT2D eigenvalue weighted by Crippen LogP contribution is -2.25. The van der Waals surface area contributed by atoms with Crippen LogP contribution in [0, 0.1) is 0 Å². The van der Waals surface area contributed by atoms with Crippen molar-refractivity contribution in [2.75, 3.05) is 19.0 Å². The molecule has 6 nitrogen and oxygen atoms in total. The van der Waals surface area contributed by atoms with Crippen LogP contribution >= 0.6 is 0 Å². The van der Waals surface area contributed by atoms with Gasteiger partial charge in [-0.3, -0.25) is 4.79 Å². The molecule has 3 rings (SSSR count). The number of anilines is 1. The highest BCUT2D eigenvalue weighted by atomic mass is 16.5. The molecule has 0 bridgehead atoms. The van der Waals surface area contributed by atoms with E-state index in [4.69, 9.17) is 9.47 Å². The third kappa shape index (κ3) is 2.84. The van der Waals surface area contributed by atoms with E-state index in [0.717, 1.165) is 16.9 Å². The monoisotopic (exact) mass is 329 g/mol. The van der Waals surface area contributed by atoms with E-state index in [1.165, 1.54) is 0 Å². The molecule has 1 amide bonds. The van der Waals surface area contributed by atoms with Crippen LogP contribution < -0.4 is 14.8 Å². The minimum absolute atomic E-state index is 0.00341. The Balaban J connectivity index is 2.04. The van der Waals surface area contributed by atoms with Crippen LogP contribution in [0.5, 0.6) is 11.5 Å². The number of carbonyl (C=O) groups excluding carboxylic acids is 1. The first kappa shape index (κ1) is 16.4. The van der Waals surface area contributed by atoms with Gasteiger partial charge < -0.3 is 14.8 Å². The molecular formula is C18H23N3O3. The number of methoxy groups -OCH3 is 1. The number of carbonyl (C=O) groups is 1. The average Bonchev–Trinajstić information content (AvgIpc) is 2.98. The minimum atomic E-state index is -0.0358. The molecule has 2 aromatic rings. The van der Waals surface area contributed by atoms with Gasteiger partial charge in [-0.25, -0.2) is 4.68 Å². The van der Waals surface area contributed by atoms with Gasteiger partial charge in [-0.1, -0.05) is 6.07 Å². The minimum Gasteiger partial charge on any atom is -0.493 e. The number of ether oxygens (including phenoxy) is 2. The molecular weight excluding hydrogens is 306 g/mol. The van der Waals surface area contributed by atoms with Crippen LogP contribution in [0.25, 0.3) is 0 Å². The normalized spacial score (nSPS) is 16.7. The number of nitrogens with one attached hydrogen (secondary N) is 1. The van der Waals surface area contributed by atoms with Crippen LogP contribution in [-0.4, -0.2) is 29.4 Å². The molecule has 0 saturated carbocycles. The molecule has 6 heteroatoms. The van der Waals surface area contributed by atoms with E-state index in [9.17, 15) is 4.79 Å². The van der Waals surface area contributed by atoms with Crippen LogP contribution in [0.1, 0.15) is 50.3 Å². The van der Waals surface area contributed by atoms with Crippen LogP contribution in [0.4, 0.5) is 5.82 Å². The summed E-state index contributed by atoms with van der Waals surface area (Å²) in [4.78, 5) is 12.2. The third-order valence-electron chi connectivity index (χ3n) is 4.23. The highest BCUT2D eigenvalue weighted by Crippen LogP contribution is 2.40. The smallest absolute Gasteiger partial charge is 0.226 e. The van der Waals surface area contributed by atoms with Gasteiger partial charge in [0.25, 0.3) is 0 Å². The molecule has 1 aromatic carbocycles. The SMILES string of the molecule is CCOc1cc(C2CC(=O)Nc3c2cnn3C(C)C)ccc1OC. The molecule has 1 aliphatic rings. The van der Waals surface area contributed by atoms with E-state index in [0.29, 0.717) is 24.5 Å². The summed E-state index contributed by atoms with van der Waals surface area (Å²) in [6.07, 6.45) is 2.25. The van der Waals surface area contributed by atoms with Gasteiger partial charge in [0.05, 0.1) is 19.9 Å². The quantitative estimate of drug-likeness (QED) is 0.913. The maximum Gasteiger partial charge on any atom is 0.226 e. The van der Waals surface area contributed by atoms with Crippen molar-refractivity contribution in [3.05, 3.63) is 35.5 Å². The van der Waals surface area contributed by atoms with Gasteiger partial charge in [0.2, 0.25) is 5.91 Å². The average molecular weight is 329 g/mol. The summed E-state index contributed by atoms with van der Waals surface area (Å²) in [5.74, 6) is 2.15. The lowest BCUT2D eigenvalue weighted by atomic mass is 9.87. The highest BCUT2D eigenvalue weighted by molar-refractivity contribution is 5.94. The van der Waals surface area contributed by atoms with Crippen LogP contribution in [-0.2, 0) is 4.79 Å². The van der Waals surface area contributed by atoms with Crippen molar-refractivity contribution >= 4 is 11.7 Å². The number of hydrogen-bond acceptors (Lipinski definition) is 4. The first-order valence-electron chi connectivity index (χ1n) is 8.23. The fourth-order valence-corrected chi connectivity index (χ4v) is 3.11. The molecule has 0 aliphatic carbocycles. The Hall–Kier alpha value is -2.50. The summed E-state index contributed by atoms with van der Waals surface area (Å²) < 4.78 is 12.9. The lowest BCUT2D eigenvalue weighted by molar-refractivity contribution is -0.116. The van der Waals surface area contributed by atoms with Crippen molar-refractivity contribution in [2.24, 2.45) is 0 Å². The first-order valence-corrected chi connectivity index (χ1v) is 8.23. The fraction of sp³-hybridized carbons (Fsp3) is 0.444. The van der Waals surface area contributed by atoms with E-state index in [1.807, 2.05) is 49.8 Å². The summed E-state index contributed by atoms with van der Waals surface area (Å²) in [7, 11) is 1.62. The van der Waals surface area contributed by atoms with E-state index in [2.05, 4.69) is 10.4 Å². The lowest BCUT2D eigenvalue weighted by Gasteiger charge is -2.25. The van der Waals surface area contributed by atoms with E-state index < -0.39 is 0 Å². The van der Waals surface area contributed by atoms with E-state index in [1.54, 1.807) is 7.11 Å². The van der Waals surface area contributed by atoms with Gasteiger partial charge in [-0.2, -0.15) is 5.10 Å². The standard InChI is InChI=1S/C18H23N3O3/c1-5-24-16-8-12(6-7-15(16)23-4)13-9-17(22)20-18-14(13)10-19-21(18)11(2)3/h6-8,10-11,13H,5,9H2,1-4H3,(H,20,22). The summed E-state index contributed by atoms with van der Waals surface area (Å²) in [6.45, 7) is 6.58. The van der Waals surface area contributed by atoms with E-state index in [-0.39, 0.29) is 17.9 Å². The number of aromatic nitrogens is 2. The van der Waals surface area contributed by atoms with Crippen molar-refractivity contribution in [1.82, 2.24) is 9.78 Å². The Kier molecular flexibility index (Phi) is 4.46. The molecule has 0 spiro atoms. The summed E-state index contributed by atoms with van der Waals surface area (Å²) >= 11 is 0. The van der Waals surface area contributed by atoms with Crippen molar-refractivity contribution in [3.63, 3.8) is 0 Å². The molecule has 128 valence electrons. The van der Waals surface area contributed by atoms with Crippen LogP contribution in [0.3, 0.4) is 0 Å². The number of hydrogen-bond donors (Lipinski definition) is 1. The Morgan fingerprint density at radius 3 is 2.83 bits per heavy atom. The molecule has 1 N–H and O–H groups in total. The second-order valence-electron chi connectivity index (χ2n) is 6.14. The molecule has 0 saturated heterocycles. The third-order valence-corrected chi connectivity index (χ3v) is 4.23. The predicted molar refractivity (Wildman–Crippen MR) is 91.9 cm³/mol. The predicted octanol–water partition coefficient (Wildman–Crippen LogP) is 3.35. The summed E-state index contributed by atoms with van der Waals surface area (Å²) in [5, 5.41) is 7.40. The Labute approximate surface area is 141 Å². The Morgan fingerprint density at radius 1 is 1.38 bits per heavy atom. The van der Waals surface area contributed by atoms with Gasteiger partial charge in [0.1, 0.15) is 5.82 Å². The topological polar surface area (TPSA) is 65.4 Å². The van der Waals surface area contributed by atoms with Gasteiger partial charge in [0.15, 0.2) is 11.5 Å². The molecule has 0 radical (unpaired) electrons. The second-order valence-corrected chi connectivity index (χ2v) is 6.14. The van der Waals surface area contributed by atoms with Gasteiger partial charge in [0, 0.05) is 23.9 Å². The molecule has 2 heterocycles. The Bertz CT molecular complexity index is 752. The van der Waals surface area contributed by atoms with Crippen LogP contribution in [0.15, 0.2) is 24.4 Å². The molecule has 0 fully saturated rings. The van der Waals surface area contributed by atoms with E-state index >= 15 is 0 Å². The van der Waals surface area contributed by atoms with Crippen molar-refractivity contribution in [2.45, 2.75) is 39.2 Å². The highest BCUT2D eigenvalue weighted by Gasteiger charge is 2.31. The first-order chi connectivity index (χ1) is 11.5. The number of fused-ring (bicyclic) bond motifs is 1.